The molecule has 0 radical (unpaired) electrons. The van der Waals surface area contributed by atoms with Gasteiger partial charge in [0.1, 0.15) is 5.75 Å². The highest BCUT2D eigenvalue weighted by atomic mass is 16.5. The van der Waals surface area contributed by atoms with Crippen LogP contribution in [0.1, 0.15) is 57.4 Å². The molecule has 0 saturated heterocycles. The molecule has 0 bridgehead atoms. The highest BCUT2D eigenvalue weighted by Crippen LogP contribution is 2.31. The van der Waals surface area contributed by atoms with Crippen LogP contribution in [0.15, 0.2) is 24.3 Å². The minimum absolute atomic E-state index is 0.0470. The summed E-state index contributed by atoms with van der Waals surface area (Å²) in [5.41, 5.74) is 6.33. The second-order valence-electron chi connectivity index (χ2n) is 6.75. The smallest absolute Gasteiger partial charge is 0.255 e. The summed E-state index contributed by atoms with van der Waals surface area (Å²) >= 11 is 0. The van der Waals surface area contributed by atoms with Gasteiger partial charge in [0.25, 0.3) is 5.91 Å². The Hall–Kier alpha value is -1.51. The zero-order chi connectivity index (χ0) is 15.8. The lowest BCUT2D eigenvalue weighted by atomic mass is 9.82. The van der Waals surface area contributed by atoms with E-state index in [4.69, 9.17) is 10.5 Å². The summed E-state index contributed by atoms with van der Waals surface area (Å²) in [5.74, 6) is 2.05. The van der Waals surface area contributed by atoms with E-state index in [1.807, 2.05) is 18.2 Å². The lowest BCUT2D eigenvalue weighted by Crippen LogP contribution is -2.20. The van der Waals surface area contributed by atoms with Crippen molar-refractivity contribution < 1.29 is 9.53 Å². The van der Waals surface area contributed by atoms with Crippen LogP contribution in [-0.2, 0) is 11.2 Å². The molecular formula is C19H29NO2. The summed E-state index contributed by atoms with van der Waals surface area (Å²) in [6.07, 6.45) is 10.6. The van der Waals surface area contributed by atoms with E-state index >= 15 is 0 Å². The number of hydrogen-bond acceptors (Lipinski definition) is 2. The van der Waals surface area contributed by atoms with Gasteiger partial charge in [-0.25, -0.2) is 0 Å². The molecule has 1 aromatic rings. The predicted octanol–water partition coefficient (Wildman–Crippen LogP) is 4.09. The predicted molar refractivity (Wildman–Crippen MR) is 89.8 cm³/mol. The zero-order valence-electron chi connectivity index (χ0n) is 13.7. The number of carbonyl (C=O) groups excluding carboxylic acids is 1. The van der Waals surface area contributed by atoms with E-state index in [9.17, 15) is 4.79 Å². The number of benzene rings is 1. The Morgan fingerprint density at radius 3 is 2.73 bits per heavy atom. The molecule has 0 heterocycles. The molecular weight excluding hydrogens is 274 g/mol. The third kappa shape index (κ3) is 5.70. The Labute approximate surface area is 134 Å². The topological polar surface area (TPSA) is 52.3 Å². The Morgan fingerprint density at radius 1 is 1.27 bits per heavy atom. The van der Waals surface area contributed by atoms with Crippen molar-refractivity contribution in [3.8, 4) is 5.75 Å². The average molecular weight is 303 g/mol. The van der Waals surface area contributed by atoms with Crippen LogP contribution in [0.5, 0.6) is 5.75 Å². The standard InChI is InChI=1S/C19H29NO2/c1-15(13-16-7-3-2-4-8-16)11-12-17-9-5-6-10-18(17)22-14-19(20)21/h5-6,9-10,15-16H,2-4,7-8,11-14H2,1H3,(H2,20,21). The molecule has 1 aliphatic rings. The quantitative estimate of drug-likeness (QED) is 0.786. The largest absolute Gasteiger partial charge is 0.484 e. The molecule has 122 valence electrons. The summed E-state index contributed by atoms with van der Waals surface area (Å²) in [4.78, 5) is 10.9. The van der Waals surface area contributed by atoms with Crippen molar-refractivity contribution in [3.63, 3.8) is 0 Å². The number of para-hydroxylation sites is 1. The lowest BCUT2D eigenvalue weighted by Gasteiger charge is -2.24. The second kappa shape index (κ2) is 8.82. The summed E-state index contributed by atoms with van der Waals surface area (Å²) in [6.45, 7) is 2.32. The molecule has 1 amide bonds. The van der Waals surface area contributed by atoms with Gasteiger partial charge in [0, 0.05) is 0 Å². The van der Waals surface area contributed by atoms with Crippen molar-refractivity contribution in [1.29, 1.82) is 0 Å². The van der Waals surface area contributed by atoms with Gasteiger partial charge in [0.15, 0.2) is 6.61 Å². The van der Waals surface area contributed by atoms with E-state index in [1.165, 1.54) is 50.5 Å². The molecule has 1 unspecified atom stereocenters. The maximum Gasteiger partial charge on any atom is 0.255 e. The van der Waals surface area contributed by atoms with Gasteiger partial charge in [-0.15, -0.1) is 0 Å². The van der Waals surface area contributed by atoms with Crippen LogP contribution in [0.25, 0.3) is 0 Å². The number of primary amides is 1. The SMILES string of the molecule is CC(CCc1ccccc1OCC(N)=O)CC1CCCCC1. The van der Waals surface area contributed by atoms with Crippen molar-refractivity contribution in [3.05, 3.63) is 29.8 Å². The Kier molecular flexibility index (Phi) is 6.75. The number of aryl methyl sites for hydroxylation is 1. The first-order chi connectivity index (χ1) is 10.6. The maximum atomic E-state index is 10.9. The number of carbonyl (C=O) groups is 1. The Bertz CT molecular complexity index is 466. The van der Waals surface area contributed by atoms with Crippen LogP contribution in [0.2, 0.25) is 0 Å². The third-order valence-corrected chi connectivity index (χ3v) is 4.71. The summed E-state index contributed by atoms with van der Waals surface area (Å²) < 4.78 is 5.51. The van der Waals surface area contributed by atoms with Crippen molar-refractivity contribution in [2.75, 3.05) is 6.61 Å². The first kappa shape index (κ1) is 16.9. The number of rotatable bonds is 8. The van der Waals surface area contributed by atoms with E-state index < -0.39 is 5.91 Å². The Morgan fingerprint density at radius 2 is 2.00 bits per heavy atom. The summed E-state index contributed by atoms with van der Waals surface area (Å²) in [7, 11) is 0. The van der Waals surface area contributed by atoms with E-state index in [-0.39, 0.29) is 6.61 Å². The molecule has 1 aromatic carbocycles. The second-order valence-corrected chi connectivity index (χ2v) is 6.75. The molecule has 0 aromatic heterocycles. The molecule has 1 atom stereocenters. The lowest BCUT2D eigenvalue weighted by molar-refractivity contribution is -0.119. The molecule has 3 nitrogen and oxygen atoms in total. The molecule has 22 heavy (non-hydrogen) atoms. The molecule has 1 saturated carbocycles. The van der Waals surface area contributed by atoms with Crippen LogP contribution in [0, 0.1) is 11.8 Å². The van der Waals surface area contributed by atoms with Gasteiger partial charge in [-0.3, -0.25) is 4.79 Å². The summed E-state index contributed by atoms with van der Waals surface area (Å²) in [6, 6.07) is 7.97. The van der Waals surface area contributed by atoms with Gasteiger partial charge in [0.2, 0.25) is 0 Å². The molecule has 2 N–H and O–H groups in total. The van der Waals surface area contributed by atoms with E-state index in [1.54, 1.807) is 0 Å². The number of hydrogen-bond donors (Lipinski definition) is 1. The molecule has 1 fully saturated rings. The van der Waals surface area contributed by atoms with Crippen molar-refractivity contribution in [2.24, 2.45) is 17.6 Å². The highest BCUT2D eigenvalue weighted by Gasteiger charge is 2.16. The van der Waals surface area contributed by atoms with Gasteiger partial charge in [-0.05, 0) is 42.7 Å². The fourth-order valence-electron chi connectivity index (χ4n) is 3.51. The minimum Gasteiger partial charge on any atom is -0.484 e. The maximum absolute atomic E-state index is 10.9. The van der Waals surface area contributed by atoms with E-state index in [2.05, 4.69) is 13.0 Å². The van der Waals surface area contributed by atoms with Crippen molar-refractivity contribution >= 4 is 5.91 Å². The fraction of sp³-hybridized carbons (Fsp3) is 0.632. The highest BCUT2D eigenvalue weighted by molar-refractivity contribution is 5.75. The van der Waals surface area contributed by atoms with Crippen LogP contribution in [0.4, 0.5) is 0 Å². The molecule has 3 heteroatoms. The molecule has 1 aliphatic carbocycles. The third-order valence-electron chi connectivity index (χ3n) is 4.71. The van der Waals surface area contributed by atoms with Crippen LogP contribution >= 0.6 is 0 Å². The van der Waals surface area contributed by atoms with Crippen molar-refractivity contribution in [1.82, 2.24) is 0 Å². The zero-order valence-corrected chi connectivity index (χ0v) is 13.7. The Balaban J connectivity index is 1.81. The molecule has 0 aliphatic heterocycles. The number of amides is 1. The minimum atomic E-state index is -0.430. The first-order valence-corrected chi connectivity index (χ1v) is 8.64. The van der Waals surface area contributed by atoms with Gasteiger partial charge in [-0.1, -0.05) is 57.2 Å². The first-order valence-electron chi connectivity index (χ1n) is 8.64. The van der Waals surface area contributed by atoms with Gasteiger partial charge >= 0.3 is 0 Å². The average Bonchev–Trinajstić information content (AvgIpc) is 2.52. The van der Waals surface area contributed by atoms with E-state index in [0.29, 0.717) is 0 Å². The van der Waals surface area contributed by atoms with Gasteiger partial charge in [0.05, 0.1) is 0 Å². The monoisotopic (exact) mass is 303 g/mol. The fourth-order valence-corrected chi connectivity index (χ4v) is 3.51. The van der Waals surface area contributed by atoms with Gasteiger partial charge in [-0.2, -0.15) is 0 Å². The molecule has 2 rings (SSSR count). The van der Waals surface area contributed by atoms with Crippen LogP contribution < -0.4 is 10.5 Å². The van der Waals surface area contributed by atoms with Gasteiger partial charge < -0.3 is 10.5 Å². The summed E-state index contributed by atoms with van der Waals surface area (Å²) in [5, 5.41) is 0. The normalized spacial score (nSPS) is 17.1. The van der Waals surface area contributed by atoms with E-state index in [0.717, 1.165) is 24.0 Å². The molecule has 0 spiro atoms. The van der Waals surface area contributed by atoms with Crippen LogP contribution in [-0.4, -0.2) is 12.5 Å². The number of ether oxygens (including phenoxy) is 1. The van der Waals surface area contributed by atoms with Crippen LogP contribution in [0.3, 0.4) is 0 Å². The van der Waals surface area contributed by atoms with Crippen molar-refractivity contribution in [2.45, 2.75) is 58.3 Å². The number of nitrogens with two attached hydrogens (primary N) is 1.